The third-order valence-corrected chi connectivity index (χ3v) is 7.10. The second-order valence-electron chi connectivity index (χ2n) is 10.5. The van der Waals surface area contributed by atoms with E-state index in [4.69, 9.17) is 25.8 Å². The van der Waals surface area contributed by atoms with E-state index in [9.17, 15) is 14.9 Å². The molecule has 0 aromatic heterocycles. The highest BCUT2D eigenvalue weighted by Gasteiger charge is 2.35. The van der Waals surface area contributed by atoms with Gasteiger partial charge in [-0.15, -0.1) is 0 Å². The average molecular weight is 639 g/mol. The van der Waals surface area contributed by atoms with Crippen molar-refractivity contribution in [2.75, 3.05) is 39.5 Å². The number of allylic oxidation sites excluding steroid dienone is 9. The van der Waals surface area contributed by atoms with Crippen LogP contribution in [0.4, 0.5) is 0 Å². The van der Waals surface area contributed by atoms with Gasteiger partial charge in [0.2, 0.25) is 0 Å². The highest BCUT2D eigenvalue weighted by Crippen LogP contribution is 2.40. The third-order valence-electron chi connectivity index (χ3n) is 6.73. The van der Waals surface area contributed by atoms with E-state index < -0.39 is 5.92 Å². The van der Waals surface area contributed by atoms with Crippen molar-refractivity contribution >= 4 is 23.3 Å². The summed E-state index contributed by atoms with van der Waals surface area (Å²) >= 11 is 6.57. The van der Waals surface area contributed by atoms with Crippen LogP contribution in [0.15, 0.2) is 81.7 Å². The normalized spacial score (nSPS) is 16.0. The molecule has 1 atom stereocenters. The molecule has 244 valence electrons. The fourth-order valence-electron chi connectivity index (χ4n) is 4.66. The molecular formula is C35H47ClN4O5. The molecule has 3 rings (SSSR count). The lowest BCUT2D eigenvalue weighted by Crippen LogP contribution is -2.34. The first kappa shape index (κ1) is 37.3. The Hall–Kier alpha value is -3.84. The Morgan fingerprint density at radius 2 is 1.80 bits per heavy atom. The predicted molar refractivity (Wildman–Crippen MR) is 179 cm³/mol. The topological polar surface area (TPSA) is 122 Å². The number of nitrogens with one attached hydrogen (secondary N) is 3. The number of carbonyl (C=O) groups excluding carboxylic acids is 2. The van der Waals surface area contributed by atoms with Gasteiger partial charge in [-0.2, -0.15) is 5.26 Å². The Kier molecular flexibility index (Phi) is 16.8. The second-order valence-corrected chi connectivity index (χ2v) is 10.9. The minimum absolute atomic E-state index is 0.0982. The van der Waals surface area contributed by atoms with E-state index in [0.29, 0.717) is 58.0 Å². The van der Waals surface area contributed by atoms with Crippen LogP contribution in [0.25, 0.3) is 0 Å². The summed E-state index contributed by atoms with van der Waals surface area (Å²) in [6.45, 7) is 13.4. The molecule has 9 nitrogen and oxygen atoms in total. The number of ketones is 1. The first-order valence-corrected chi connectivity index (χ1v) is 15.9. The largest absolute Gasteiger partial charge is 0.494 e. The van der Waals surface area contributed by atoms with Crippen LogP contribution < -0.4 is 25.4 Å². The van der Waals surface area contributed by atoms with E-state index in [2.05, 4.69) is 35.9 Å². The molecule has 1 unspecified atom stereocenters. The summed E-state index contributed by atoms with van der Waals surface area (Å²) in [7, 11) is 0. The molecule has 1 aliphatic heterocycles. The van der Waals surface area contributed by atoms with Gasteiger partial charge in [-0.3, -0.25) is 9.59 Å². The molecule has 2 aliphatic rings. The van der Waals surface area contributed by atoms with E-state index in [1.165, 1.54) is 6.92 Å². The molecule has 1 heterocycles. The zero-order valence-electron chi connectivity index (χ0n) is 27.3. The van der Waals surface area contributed by atoms with E-state index in [1.807, 2.05) is 50.3 Å². The lowest BCUT2D eigenvalue weighted by Gasteiger charge is -2.31. The van der Waals surface area contributed by atoms with Gasteiger partial charge >= 0.3 is 0 Å². The Labute approximate surface area is 273 Å². The lowest BCUT2D eigenvalue weighted by atomic mass is 9.78. The smallest absolute Gasteiger partial charge is 0.258 e. The first-order chi connectivity index (χ1) is 21.7. The van der Waals surface area contributed by atoms with Crippen molar-refractivity contribution in [3.8, 4) is 17.6 Å². The highest BCUT2D eigenvalue weighted by atomic mass is 35.5. The fourth-order valence-corrected chi connectivity index (χ4v) is 4.92. The van der Waals surface area contributed by atoms with Crippen LogP contribution in [0.3, 0.4) is 0 Å². The number of hydrogen-bond donors (Lipinski definition) is 3. The average Bonchev–Trinajstić information content (AvgIpc) is 3.24. The molecule has 1 aliphatic carbocycles. The lowest BCUT2D eigenvalue weighted by molar-refractivity contribution is -0.123. The number of benzene rings is 1. The van der Waals surface area contributed by atoms with Gasteiger partial charge < -0.3 is 30.2 Å². The Balaban J connectivity index is 0.00000345. The maximum atomic E-state index is 12.8. The summed E-state index contributed by atoms with van der Waals surface area (Å²) in [6.07, 6.45) is 9.13. The number of ether oxygens (including phenoxy) is 3. The van der Waals surface area contributed by atoms with Crippen molar-refractivity contribution in [2.45, 2.75) is 60.4 Å². The first-order valence-electron chi connectivity index (χ1n) is 15.5. The number of nitriles is 1. The van der Waals surface area contributed by atoms with E-state index in [1.54, 1.807) is 19.1 Å². The quantitative estimate of drug-likeness (QED) is 0.193. The fraction of sp³-hybridized carbons (Fsp3) is 0.457. The number of rotatable bonds is 16. The maximum absolute atomic E-state index is 12.8. The number of dihydropyridines is 1. The molecular weight excluding hydrogens is 592 g/mol. The van der Waals surface area contributed by atoms with Gasteiger partial charge in [0.1, 0.15) is 11.5 Å². The van der Waals surface area contributed by atoms with Crippen LogP contribution in [0.1, 0.15) is 54.4 Å². The summed E-state index contributed by atoms with van der Waals surface area (Å²) in [5, 5.41) is 19.7. The molecule has 0 spiro atoms. The van der Waals surface area contributed by atoms with Gasteiger partial charge in [-0.25, -0.2) is 0 Å². The Bertz CT molecular complexity index is 1340. The van der Waals surface area contributed by atoms with Gasteiger partial charge in [-0.1, -0.05) is 63.6 Å². The number of hydrogen-bond acceptors (Lipinski definition) is 8. The van der Waals surface area contributed by atoms with Gasteiger partial charge in [0.25, 0.3) is 5.91 Å². The molecule has 45 heavy (non-hydrogen) atoms. The molecule has 1 amide bonds. The van der Waals surface area contributed by atoms with Crippen LogP contribution >= 0.6 is 11.6 Å². The number of carbonyl (C=O) groups is 2. The number of nitrogens with zero attached hydrogens (tertiary/aromatic N) is 1. The van der Waals surface area contributed by atoms with E-state index in [-0.39, 0.29) is 38.1 Å². The van der Waals surface area contributed by atoms with E-state index >= 15 is 0 Å². The number of amides is 1. The summed E-state index contributed by atoms with van der Waals surface area (Å²) in [4.78, 5) is 25.1. The molecule has 0 fully saturated rings. The van der Waals surface area contributed by atoms with Gasteiger partial charge in [0.05, 0.1) is 37.4 Å². The molecule has 1 aromatic rings. The van der Waals surface area contributed by atoms with Crippen molar-refractivity contribution in [1.29, 1.82) is 5.26 Å². The SMILES string of the molecule is CC.CC(=O)C1=C(COCCNC(=O)COc2ccc(OCCCNC(C)C)cc2)NC(C)=C(C#N)C1C1=CC=CCC=C1Cl. The summed E-state index contributed by atoms with van der Waals surface area (Å²) < 4.78 is 17.1. The Morgan fingerprint density at radius 1 is 1.11 bits per heavy atom. The Morgan fingerprint density at radius 3 is 2.44 bits per heavy atom. The van der Waals surface area contributed by atoms with Crippen LogP contribution in [0.2, 0.25) is 0 Å². The number of Topliss-reactive ketones (excluding diaryl/α,β-unsaturated/α-hetero) is 1. The minimum atomic E-state index is -0.599. The molecule has 0 radical (unpaired) electrons. The molecule has 10 heteroatoms. The van der Waals surface area contributed by atoms with Crippen LogP contribution in [0.5, 0.6) is 11.5 Å². The third kappa shape index (κ3) is 12.2. The standard InChI is InChI=1S/C33H41ClN4O5.C2H6/c1-22(2)36-15-8-17-42-25-11-13-26(14-12-25)43-21-31(40)37-16-18-41-20-30-32(24(4)39)33(28(19-35)23(3)38-30)27-9-6-5-7-10-29(27)34;1-2/h5-6,9-14,22,33,36,38H,7-8,15-18,20-21H2,1-4H3,(H,37,40);1-2H3. The molecule has 0 saturated carbocycles. The predicted octanol–water partition coefficient (Wildman–Crippen LogP) is 5.86. The zero-order chi connectivity index (χ0) is 33.2. The summed E-state index contributed by atoms with van der Waals surface area (Å²) in [5.74, 6) is 0.249. The van der Waals surface area contributed by atoms with Crippen molar-refractivity contribution in [3.05, 3.63) is 81.7 Å². The van der Waals surface area contributed by atoms with Crippen LogP contribution in [0, 0.1) is 17.2 Å². The van der Waals surface area contributed by atoms with Gasteiger partial charge in [0.15, 0.2) is 12.4 Å². The molecule has 3 N–H and O–H groups in total. The monoisotopic (exact) mass is 638 g/mol. The summed E-state index contributed by atoms with van der Waals surface area (Å²) in [5.41, 5.74) is 2.78. The van der Waals surface area contributed by atoms with Crippen LogP contribution in [-0.4, -0.2) is 57.2 Å². The maximum Gasteiger partial charge on any atom is 0.258 e. The molecule has 0 saturated heterocycles. The van der Waals surface area contributed by atoms with Crippen molar-refractivity contribution < 1.29 is 23.8 Å². The number of halogens is 1. The molecule has 0 bridgehead atoms. The zero-order valence-corrected chi connectivity index (χ0v) is 28.1. The van der Waals surface area contributed by atoms with Crippen molar-refractivity contribution in [1.82, 2.24) is 16.0 Å². The molecule has 1 aromatic carbocycles. The highest BCUT2D eigenvalue weighted by molar-refractivity contribution is 6.32. The van der Waals surface area contributed by atoms with Crippen molar-refractivity contribution in [3.63, 3.8) is 0 Å². The summed E-state index contributed by atoms with van der Waals surface area (Å²) in [6, 6.07) is 9.87. The van der Waals surface area contributed by atoms with Gasteiger partial charge in [-0.05, 0) is 63.1 Å². The second kappa shape index (κ2) is 20.2. The van der Waals surface area contributed by atoms with E-state index in [0.717, 1.165) is 18.7 Å². The van der Waals surface area contributed by atoms with Crippen molar-refractivity contribution in [2.24, 2.45) is 5.92 Å². The van der Waals surface area contributed by atoms with Gasteiger partial charge in [0, 0.05) is 34.6 Å². The minimum Gasteiger partial charge on any atom is -0.494 e. The van der Waals surface area contributed by atoms with Crippen LogP contribution in [-0.2, 0) is 14.3 Å².